The monoisotopic (exact) mass is 304 g/mol. The molecule has 1 aromatic carbocycles. The third kappa shape index (κ3) is 3.78. The highest BCUT2D eigenvalue weighted by molar-refractivity contribution is 6.01. The second kappa shape index (κ2) is 6.81. The summed E-state index contributed by atoms with van der Waals surface area (Å²) >= 11 is 0. The SMILES string of the molecule is CC(C)C(=O)Nc1ccc(N2CCC[C@@H](C)C2)cc1C(=O)O. The first kappa shape index (κ1) is 16.3. The van der Waals surface area contributed by atoms with Crippen LogP contribution in [0.15, 0.2) is 18.2 Å². The molecule has 1 heterocycles. The molecule has 5 heteroatoms. The lowest BCUT2D eigenvalue weighted by atomic mass is 9.99. The summed E-state index contributed by atoms with van der Waals surface area (Å²) in [7, 11) is 0. The molecule has 0 aromatic heterocycles. The highest BCUT2D eigenvalue weighted by Gasteiger charge is 2.20. The van der Waals surface area contributed by atoms with Crippen molar-refractivity contribution in [1.29, 1.82) is 0 Å². The molecule has 1 saturated heterocycles. The minimum absolute atomic E-state index is 0.143. The van der Waals surface area contributed by atoms with Gasteiger partial charge in [-0.2, -0.15) is 0 Å². The minimum Gasteiger partial charge on any atom is -0.478 e. The zero-order valence-corrected chi connectivity index (χ0v) is 13.4. The number of amides is 1. The van der Waals surface area contributed by atoms with Crippen LogP contribution in [0.25, 0.3) is 0 Å². The molecule has 22 heavy (non-hydrogen) atoms. The van der Waals surface area contributed by atoms with Crippen LogP contribution in [0.3, 0.4) is 0 Å². The van der Waals surface area contributed by atoms with Gasteiger partial charge >= 0.3 is 5.97 Å². The number of hydrogen-bond donors (Lipinski definition) is 2. The van der Waals surface area contributed by atoms with Gasteiger partial charge in [0, 0.05) is 24.7 Å². The Kier molecular flexibility index (Phi) is 5.06. The Bertz CT molecular complexity index is 569. The van der Waals surface area contributed by atoms with Crippen molar-refractivity contribution in [2.75, 3.05) is 23.3 Å². The largest absolute Gasteiger partial charge is 0.478 e. The molecule has 1 amide bonds. The summed E-state index contributed by atoms with van der Waals surface area (Å²) in [6.45, 7) is 7.65. The number of carboxylic acids is 1. The number of carbonyl (C=O) groups is 2. The van der Waals surface area contributed by atoms with Gasteiger partial charge in [0.2, 0.25) is 5.91 Å². The molecule has 5 nitrogen and oxygen atoms in total. The number of hydrogen-bond acceptors (Lipinski definition) is 3. The maximum absolute atomic E-state index is 11.8. The maximum atomic E-state index is 11.8. The molecule has 0 spiro atoms. The van der Waals surface area contributed by atoms with E-state index in [9.17, 15) is 14.7 Å². The summed E-state index contributed by atoms with van der Waals surface area (Å²) in [4.78, 5) is 25.5. The number of piperidine rings is 1. The Morgan fingerprint density at radius 3 is 2.68 bits per heavy atom. The van der Waals surface area contributed by atoms with Crippen molar-refractivity contribution in [3.8, 4) is 0 Å². The number of carbonyl (C=O) groups excluding carboxylic acids is 1. The van der Waals surface area contributed by atoms with Gasteiger partial charge in [0.15, 0.2) is 0 Å². The molecule has 1 aromatic rings. The summed E-state index contributed by atoms with van der Waals surface area (Å²) in [5.41, 5.74) is 1.41. The summed E-state index contributed by atoms with van der Waals surface area (Å²) in [6.07, 6.45) is 2.33. The molecular weight excluding hydrogens is 280 g/mol. The van der Waals surface area contributed by atoms with Crippen LogP contribution in [-0.2, 0) is 4.79 Å². The fourth-order valence-electron chi connectivity index (χ4n) is 2.72. The van der Waals surface area contributed by atoms with Gasteiger partial charge in [-0.25, -0.2) is 4.79 Å². The van der Waals surface area contributed by atoms with Crippen LogP contribution in [0.1, 0.15) is 44.0 Å². The van der Waals surface area contributed by atoms with E-state index < -0.39 is 5.97 Å². The van der Waals surface area contributed by atoms with E-state index >= 15 is 0 Å². The van der Waals surface area contributed by atoms with Crippen LogP contribution in [0, 0.1) is 11.8 Å². The molecule has 0 bridgehead atoms. The Balaban J connectivity index is 2.26. The smallest absolute Gasteiger partial charge is 0.337 e. The van der Waals surface area contributed by atoms with Crippen molar-refractivity contribution >= 4 is 23.3 Å². The fourth-order valence-corrected chi connectivity index (χ4v) is 2.72. The van der Waals surface area contributed by atoms with Crippen LogP contribution in [-0.4, -0.2) is 30.1 Å². The second-order valence-corrected chi connectivity index (χ2v) is 6.37. The summed E-state index contributed by atoms with van der Waals surface area (Å²) in [6, 6.07) is 5.25. The molecule has 1 fully saturated rings. The minimum atomic E-state index is -1.02. The van der Waals surface area contributed by atoms with E-state index in [2.05, 4.69) is 17.1 Å². The van der Waals surface area contributed by atoms with Crippen LogP contribution in [0.5, 0.6) is 0 Å². The van der Waals surface area contributed by atoms with Gasteiger partial charge in [-0.15, -0.1) is 0 Å². The molecule has 0 saturated carbocycles. The molecule has 1 atom stereocenters. The van der Waals surface area contributed by atoms with Gasteiger partial charge in [0.1, 0.15) is 0 Å². The third-order valence-electron chi connectivity index (χ3n) is 4.04. The molecule has 0 unspecified atom stereocenters. The zero-order valence-electron chi connectivity index (χ0n) is 13.4. The van der Waals surface area contributed by atoms with Gasteiger partial charge in [0.05, 0.1) is 11.3 Å². The Morgan fingerprint density at radius 1 is 1.36 bits per heavy atom. The van der Waals surface area contributed by atoms with Crippen LogP contribution in [0.4, 0.5) is 11.4 Å². The van der Waals surface area contributed by atoms with Crippen LogP contribution < -0.4 is 10.2 Å². The zero-order chi connectivity index (χ0) is 16.3. The predicted molar refractivity (Wildman–Crippen MR) is 87.5 cm³/mol. The van der Waals surface area contributed by atoms with E-state index in [1.165, 1.54) is 6.42 Å². The number of nitrogens with one attached hydrogen (secondary N) is 1. The topological polar surface area (TPSA) is 69.6 Å². The molecule has 2 rings (SSSR count). The predicted octanol–water partition coefficient (Wildman–Crippen LogP) is 3.22. The Morgan fingerprint density at radius 2 is 2.09 bits per heavy atom. The maximum Gasteiger partial charge on any atom is 0.337 e. The number of carboxylic acid groups (broad SMARTS) is 1. The van der Waals surface area contributed by atoms with E-state index in [4.69, 9.17) is 0 Å². The molecule has 0 radical (unpaired) electrons. The third-order valence-corrected chi connectivity index (χ3v) is 4.04. The van der Waals surface area contributed by atoms with E-state index in [1.54, 1.807) is 26.0 Å². The molecular formula is C17H24N2O3. The Hall–Kier alpha value is -2.04. The van der Waals surface area contributed by atoms with Gasteiger partial charge in [0.25, 0.3) is 0 Å². The molecule has 2 N–H and O–H groups in total. The molecule has 0 aliphatic carbocycles. The number of nitrogens with zero attached hydrogens (tertiary/aromatic N) is 1. The number of benzene rings is 1. The Labute approximate surface area is 131 Å². The average Bonchev–Trinajstić information content (AvgIpc) is 2.47. The van der Waals surface area contributed by atoms with Crippen molar-refractivity contribution < 1.29 is 14.7 Å². The van der Waals surface area contributed by atoms with Crippen molar-refractivity contribution in [1.82, 2.24) is 0 Å². The van der Waals surface area contributed by atoms with Crippen LogP contribution in [0.2, 0.25) is 0 Å². The van der Waals surface area contributed by atoms with E-state index in [0.717, 1.165) is 25.2 Å². The summed E-state index contributed by atoms with van der Waals surface area (Å²) in [5, 5.41) is 12.1. The van der Waals surface area contributed by atoms with E-state index in [0.29, 0.717) is 11.6 Å². The highest BCUT2D eigenvalue weighted by atomic mass is 16.4. The van der Waals surface area contributed by atoms with Crippen molar-refractivity contribution in [3.05, 3.63) is 23.8 Å². The first-order chi connectivity index (χ1) is 10.4. The van der Waals surface area contributed by atoms with E-state index in [1.807, 2.05) is 6.07 Å². The average molecular weight is 304 g/mol. The highest BCUT2D eigenvalue weighted by Crippen LogP contribution is 2.27. The lowest BCUT2D eigenvalue weighted by molar-refractivity contribution is -0.118. The lowest BCUT2D eigenvalue weighted by Crippen LogP contribution is -2.34. The first-order valence-electron chi connectivity index (χ1n) is 7.81. The van der Waals surface area contributed by atoms with Crippen LogP contribution >= 0.6 is 0 Å². The van der Waals surface area contributed by atoms with E-state index in [-0.39, 0.29) is 17.4 Å². The standard InChI is InChI=1S/C17H24N2O3/c1-11(2)16(20)18-15-7-6-13(9-14(15)17(21)22)19-8-4-5-12(3)10-19/h6-7,9,11-12H,4-5,8,10H2,1-3H3,(H,18,20)(H,21,22)/t12-/m1/s1. The summed E-state index contributed by atoms with van der Waals surface area (Å²) in [5.74, 6) is -0.778. The molecule has 1 aliphatic rings. The summed E-state index contributed by atoms with van der Waals surface area (Å²) < 4.78 is 0. The quantitative estimate of drug-likeness (QED) is 0.896. The van der Waals surface area contributed by atoms with Gasteiger partial charge in [-0.1, -0.05) is 20.8 Å². The van der Waals surface area contributed by atoms with Crippen molar-refractivity contribution in [2.24, 2.45) is 11.8 Å². The second-order valence-electron chi connectivity index (χ2n) is 6.37. The number of rotatable bonds is 4. The van der Waals surface area contributed by atoms with Crippen molar-refractivity contribution in [2.45, 2.75) is 33.6 Å². The number of aromatic carboxylic acids is 1. The van der Waals surface area contributed by atoms with Gasteiger partial charge in [-0.3, -0.25) is 4.79 Å². The lowest BCUT2D eigenvalue weighted by Gasteiger charge is -2.33. The van der Waals surface area contributed by atoms with Crippen molar-refractivity contribution in [3.63, 3.8) is 0 Å². The molecule has 120 valence electrons. The number of anilines is 2. The van der Waals surface area contributed by atoms with Gasteiger partial charge < -0.3 is 15.3 Å². The normalized spacial score (nSPS) is 18.4. The first-order valence-corrected chi connectivity index (χ1v) is 7.81. The van der Waals surface area contributed by atoms with Gasteiger partial charge in [-0.05, 0) is 37.0 Å². The molecule has 1 aliphatic heterocycles. The fraction of sp³-hybridized carbons (Fsp3) is 0.529.